The number of benzene rings is 1. The molecule has 2 atom stereocenters. The van der Waals surface area contributed by atoms with E-state index in [2.05, 4.69) is 0 Å². The van der Waals surface area contributed by atoms with Crippen LogP contribution in [0.1, 0.15) is 17.2 Å². The molecule has 0 spiro atoms. The van der Waals surface area contributed by atoms with Crippen LogP contribution in [-0.4, -0.2) is 11.0 Å². The van der Waals surface area contributed by atoms with Crippen LogP contribution in [-0.2, 0) is 6.42 Å². The molecule has 0 bridgehead atoms. The van der Waals surface area contributed by atoms with Crippen LogP contribution in [0.5, 0.6) is 0 Å². The van der Waals surface area contributed by atoms with E-state index in [1.807, 2.05) is 24.3 Å². The van der Waals surface area contributed by atoms with Gasteiger partial charge < -0.3 is 5.73 Å². The van der Waals surface area contributed by atoms with Gasteiger partial charge in [-0.1, -0.05) is 24.3 Å². The number of nitrogens with zero attached hydrogens (tertiary/aromatic N) is 1. The van der Waals surface area contributed by atoms with Gasteiger partial charge in [-0.05, 0) is 11.1 Å². The molecule has 4 heteroatoms. The van der Waals surface area contributed by atoms with Gasteiger partial charge in [0, 0.05) is 11.3 Å². The molecule has 0 amide bonds. The van der Waals surface area contributed by atoms with Gasteiger partial charge in [0.15, 0.2) is 0 Å². The number of hydrogen-bond donors (Lipinski definition) is 1. The van der Waals surface area contributed by atoms with Gasteiger partial charge in [-0.15, -0.1) is 0 Å². The Balaban J connectivity index is 2.38. The van der Waals surface area contributed by atoms with E-state index >= 15 is 0 Å². The zero-order valence-electron chi connectivity index (χ0n) is 7.01. The molecule has 2 rings (SSSR count). The first-order valence-corrected chi connectivity index (χ1v) is 4.17. The number of fused-ring (bicyclic) bond motifs is 1. The van der Waals surface area contributed by atoms with Gasteiger partial charge in [-0.3, -0.25) is 10.1 Å². The van der Waals surface area contributed by atoms with Crippen molar-refractivity contribution in [3.8, 4) is 0 Å². The Bertz CT molecular complexity index is 351. The average Bonchev–Trinajstić information content (AvgIpc) is 2.45. The SMILES string of the molecule is N[C@@H]1c2ccccc2C[C@@H]1[N+](=O)[O-]. The third kappa shape index (κ3) is 1.19. The first-order chi connectivity index (χ1) is 6.20. The van der Waals surface area contributed by atoms with Gasteiger partial charge in [0.25, 0.3) is 0 Å². The predicted molar refractivity (Wildman–Crippen MR) is 47.9 cm³/mol. The molecule has 13 heavy (non-hydrogen) atoms. The second kappa shape index (κ2) is 2.81. The zero-order chi connectivity index (χ0) is 9.42. The Morgan fingerprint density at radius 2 is 2.15 bits per heavy atom. The second-order valence-electron chi connectivity index (χ2n) is 3.28. The van der Waals surface area contributed by atoms with Crippen LogP contribution in [0.2, 0.25) is 0 Å². The average molecular weight is 178 g/mol. The number of rotatable bonds is 1. The largest absolute Gasteiger partial charge is 0.318 e. The Hall–Kier alpha value is -1.42. The van der Waals surface area contributed by atoms with Crippen LogP contribution in [0.25, 0.3) is 0 Å². The predicted octanol–water partition coefficient (Wildman–Crippen LogP) is 0.888. The van der Waals surface area contributed by atoms with E-state index in [1.165, 1.54) is 0 Å². The smallest absolute Gasteiger partial charge is 0.236 e. The van der Waals surface area contributed by atoms with Crippen LogP contribution in [0, 0.1) is 10.1 Å². The molecule has 0 fully saturated rings. The van der Waals surface area contributed by atoms with Crippen molar-refractivity contribution in [2.24, 2.45) is 5.73 Å². The van der Waals surface area contributed by atoms with E-state index in [-0.39, 0.29) is 4.92 Å². The summed E-state index contributed by atoms with van der Waals surface area (Å²) in [6.07, 6.45) is 0.463. The molecule has 1 aromatic rings. The standard InChI is InChI=1S/C9H10N2O2/c10-9-7-4-2-1-3-6(7)5-8(9)11(12)13/h1-4,8-9H,5,10H2/t8-,9+/m0/s1. The molecule has 0 heterocycles. The molecule has 0 unspecified atom stereocenters. The van der Waals surface area contributed by atoms with Crippen molar-refractivity contribution in [2.45, 2.75) is 18.5 Å². The summed E-state index contributed by atoms with van der Waals surface area (Å²) in [6, 6.07) is 6.43. The Labute approximate surface area is 75.5 Å². The molecule has 1 aliphatic rings. The Morgan fingerprint density at radius 3 is 2.77 bits per heavy atom. The summed E-state index contributed by atoms with van der Waals surface area (Å²) in [7, 11) is 0. The van der Waals surface area contributed by atoms with E-state index in [9.17, 15) is 10.1 Å². The van der Waals surface area contributed by atoms with Gasteiger partial charge >= 0.3 is 0 Å². The lowest BCUT2D eigenvalue weighted by molar-refractivity contribution is -0.524. The van der Waals surface area contributed by atoms with Gasteiger partial charge in [0.05, 0.1) is 6.04 Å². The van der Waals surface area contributed by atoms with Crippen LogP contribution in [0.15, 0.2) is 24.3 Å². The maximum Gasteiger partial charge on any atom is 0.236 e. The topological polar surface area (TPSA) is 69.2 Å². The molecule has 0 saturated heterocycles. The van der Waals surface area contributed by atoms with Crippen LogP contribution >= 0.6 is 0 Å². The summed E-state index contributed by atoms with van der Waals surface area (Å²) < 4.78 is 0. The van der Waals surface area contributed by atoms with E-state index in [0.717, 1.165) is 11.1 Å². The monoisotopic (exact) mass is 178 g/mol. The van der Waals surface area contributed by atoms with Crippen LogP contribution in [0.3, 0.4) is 0 Å². The molecule has 0 aliphatic heterocycles. The molecule has 0 saturated carbocycles. The minimum atomic E-state index is -0.641. The van der Waals surface area contributed by atoms with Crippen molar-refractivity contribution >= 4 is 0 Å². The fraction of sp³-hybridized carbons (Fsp3) is 0.333. The lowest BCUT2D eigenvalue weighted by atomic mass is 10.1. The number of nitrogens with two attached hydrogens (primary N) is 1. The highest BCUT2D eigenvalue weighted by Gasteiger charge is 2.37. The lowest BCUT2D eigenvalue weighted by Gasteiger charge is -2.06. The highest BCUT2D eigenvalue weighted by atomic mass is 16.6. The molecule has 1 aromatic carbocycles. The van der Waals surface area contributed by atoms with Crippen molar-refractivity contribution in [3.63, 3.8) is 0 Å². The third-order valence-corrected chi connectivity index (χ3v) is 2.53. The lowest BCUT2D eigenvalue weighted by Crippen LogP contribution is -2.29. The minimum absolute atomic E-state index is 0.287. The zero-order valence-corrected chi connectivity index (χ0v) is 7.01. The van der Waals surface area contributed by atoms with Crippen molar-refractivity contribution in [3.05, 3.63) is 45.5 Å². The fourth-order valence-electron chi connectivity index (χ4n) is 1.81. The van der Waals surface area contributed by atoms with Gasteiger partial charge in [0.1, 0.15) is 0 Å². The van der Waals surface area contributed by atoms with Crippen molar-refractivity contribution in [2.75, 3.05) is 0 Å². The van der Waals surface area contributed by atoms with E-state index in [0.29, 0.717) is 6.42 Å². The van der Waals surface area contributed by atoms with Gasteiger partial charge in [-0.25, -0.2) is 0 Å². The fourth-order valence-corrected chi connectivity index (χ4v) is 1.81. The summed E-state index contributed by atoms with van der Waals surface area (Å²) in [5.41, 5.74) is 7.68. The third-order valence-electron chi connectivity index (χ3n) is 2.53. The second-order valence-corrected chi connectivity index (χ2v) is 3.28. The van der Waals surface area contributed by atoms with Crippen molar-refractivity contribution < 1.29 is 4.92 Å². The molecular weight excluding hydrogens is 168 g/mol. The minimum Gasteiger partial charge on any atom is -0.318 e. The maximum absolute atomic E-state index is 10.6. The summed E-state index contributed by atoms with van der Waals surface area (Å²) >= 11 is 0. The van der Waals surface area contributed by atoms with E-state index < -0.39 is 12.1 Å². The first kappa shape index (κ1) is 8.19. The van der Waals surface area contributed by atoms with Crippen LogP contribution < -0.4 is 5.73 Å². The summed E-state index contributed by atoms with van der Waals surface area (Å²) in [6.45, 7) is 0. The maximum atomic E-state index is 10.6. The molecule has 68 valence electrons. The number of nitro groups is 1. The number of hydrogen-bond acceptors (Lipinski definition) is 3. The summed E-state index contributed by atoms with van der Waals surface area (Å²) in [5, 5.41) is 10.6. The van der Waals surface area contributed by atoms with Crippen molar-refractivity contribution in [1.82, 2.24) is 0 Å². The molecule has 0 radical (unpaired) electrons. The quantitative estimate of drug-likeness (QED) is 0.512. The van der Waals surface area contributed by atoms with E-state index in [4.69, 9.17) is 5.73 Å². The van der Waals surface area contributed by atoms with Gasteiger partial charge in [-0.2, -0.15) is 0 Å². The Kier molecular flexibility index (Phi) is 1.77. The Morgan fingerprint density at radius 1 is 1.46 bits per heavy atom. The highest BCUT2D eigenvalue weighted by Crippen LogP contribution is 2.30. The van der Waals surface area contributed by atoms with Crippen molar-refractivity contribution in [1.29, 1.82) is 0 Å². The van der Waals surface area contributed by atoms with Gasteiger partial charge in [0.2, 0.25) is 6.04 Å². The molecular formula is C9H10N2O2. The molecule has 1 aliphatic carbocycles. The first-order valence-electron chi connectivity index (χ1n) is 4.17. The summed E-state index contributed by atoms with van der Waals surface area (Å²) in [5.74, 6) is 0. The molecule has 2 N–H and O–H groups in total. The highest BCUT2D eigenvalue weighted by molar-refractivity contribution is 5.35. The normalized spacial score (nSPS) is 25.6. The molecule has 0 aromatic heterocycles. The van der Waals surface area contributed by atoms with Crippen LogP contribution in [0.4, 0.5) is 0 Å². The van der Waals surface area contributed by atoms with E-state index in [1.54, 1.807) is 0 Å². The summed E-state index contributed by atoms with van der Waals surface area (Å²) in [4.78, 5) is 10.3. The molecule has 4 nitrogen and oxygen atoms in total.